The van der Waals surface area contributed by atoms with Gasteiger partial charge in [0.2, 0.25) is 0 Å². The average molecular weight is 355 g/mol. The Hall–Kier alpha value is -1.49. The van der Waals surface area contributed by atoms with E-state index >= 15 is 0 Å². The Morgan fingerprint density at radius 3 is 2.77 bits per heavy atom. The van der Waals surface area contributed by atoms with E-state index in [1.807, 2.05) is 19.3 Å². The van der Waals surface area contributed by atoms with Crippen molar-refractivity contribution in [2.75, 3.05) is 0 Å². The molecule has 0 bridgehead atoms. The van der Waals surface area contributed by atoms with Gasteiger partial charge >= 0.3 is 0 Å². The van der Waals surface area contributed by atoms with E-state index in [0.717, 1.165) is 50.6 Å². The molecular formula is C21H29N3O2. The van der Waals surface area contributed by atoms with Crippen molar-refractivity contribution < 1.29 is 9.90 Å². The summed E-state index contributed by atoms with van der Waals surface area (Å²) in [5, 5.41) is 20.1. The topological polar surface area (TPSA) is 68.0 Å². The molecule has 0 spiro atoms. The Bertz CT molecular complexity index is 784. The predicted octanol–water partition coefficient (Wildman–Crippen LogP) is 3.14. The summed E-state index contributed by atoms with van der Waals surface area (Å²) in [5.74, 6) is 2.86. The number of aliphatic hydroxyl groups is 1. The summed E-state index contributed by atoms with van der Waals surface area (Å²) >= 11 is 0. The summed E-state index contributed by atoms with van der Waals surface area (Å²) in [4.78, 5) is 11.8. The third kappa shape index (κ3) is 2.09. The lowest BCUT2D eigenvalue weighted by atomic mass is 9.50. The van der Waals surface area contributed by atoms with Gasteiger partial charge in [-0.25, -0.2) is 0 Å². The number of aromatic nitrogens is 3. The molecule has 0 aliphatic heterocycles. The maximum Gasteiger partial charge on any atom is 0.155 e. The molecule has 0 radical (unpaired) electrons. The standard InChI is InChI=1S/C21H29N3O2/c1-20-9-7-16-15-6-4-14(25)11-13(15)3-5-17(16)18(20)8-10-21(20,26)19-12-24(2)23-22-19/h11-12,15-18,26H,3-10H2,1-2H3/t15?,16?,17?,18?,20-,21+/m0/s1. The normalized spacial score (nSPS) is 44.9. The van der Waals surface area contributed by atoms with E-state index in [9.17, 15) is 9.90 Å². The maximum atomic E-state index is 11.8. The molecule has 3 fully saturated rings. The monoisotopic (exact) mass is 355 g/mol. The molecule has 1 heterocycles. The Kier molecular flexibility index (Phi) is 3.53. The van der Waals surface area contributed by atoms with Crippen molar-refractivity contribution in [3.63, 3.8) is 0 Å². The average Bonchev–Trinajstić information content (AvgIpc) is 3.17. The number of fused-ring (bicyclic) bond motifs is 5. The van der Waals surface area contributed by atoms with Gasteiger partial charge in [-0.1, -0.05) is 17.7 Å². The zero-order valence-corrected chi connectivity index (χ0v) is 15.8. The first kappa shape index (κ1) is 16.7. The van der Waals surface area contributed by atoms with Crippen LogP contribution in [0.3, 0.4) is 0 Å². The van der Waals surface area contributed by atoms with Crippen molar-refractivity contribution in [1.29, 1.82) is 0 Å². The highest BCUT2D eigenvalue weighted by Crippen LogP contribution is 2.67. The van der Waals surface area contributed by atoms with Crippen molar-refractivity contribution in [2.45, 2.75) is 63.9 Å². The summed E-state index contributed by atoms with van der Waals surface area (Å²) in [6.45, 7) is 2.30. The van der Waals surface area contributed by atoms with Gasteiger partial charge in [0, 0.05) is 18.9 Å². The van der Waals surface area contributed by atoms with Crippen molar-refractivity contribution in [2.24, 2.45) is 36.1 Å². The van der Waals surface area contributed by atoms with Crippen LogP contribution < -0.4 is 0 Å². The third-order valence-electron chi connectivity index (χ3n) is 8.48. The Balaban J connectivity index is 1.47. The van der Waals surface area contributed by atoms with Crippen molar-refractivity contribution in [3.05, 3.63) is 23.5 Å². The quantitative estimate of drug-likeness (QED) is 0.840. The number of carbonyl (C=O) groups excluding carboxylic acids is 1. The summed E-state index contributed by atoms with van der Waals surface area (Å²) in [5.41, 5.74) is 1.21. The first-order chi connectivity index (χ1) is 12.4. The molecule has 4 aliphatic carbocycles. The molecule has 0 aromatic carbocycles. The number of allylic oxidation sites excluding steroid dienone is 1. The number of hydrogen-bond donors (Lipinski definition) is 1. The summed E-state index contributed by atoms with van der Waals surface area (Å²) in [7, 11) is 1.87. The van der Waals surface area contributed by atoms with Crippen LogP contribution in [0.25, 0.3) is 0 Å². The molecule has 0 amide bonds. The fourth-order valence-electron chi connectivity index (χ4n) is 7.15. The minimum Gasteiger partial charge on any atom is -0.383 e. The van der Waals surface area contributed by atoms with Crippen LogP contribution in [0.1, 0.15) is 64.0 Å². The van der Waals surface area contributed by atoms with Crippen LogP contribution in [-0.4, -0.2) is 25.9 Å². The van der Waals surface area contributed by atoms with E-state index in [1.165, 1.54) is 12.0 Å². The molecule has 1 aromatic heterocycles. The zero-order valence-electron chi connectivity index (χ0n) is 15.8. The van der Waals surface area contributed by atoms with Gasteiger partial charge in [-0.05, 0) is 74.7 Å². The van der Waals surface area contributed by atoms with E-state index in [0.29, 0.717) is 29.5 Å². The highest BCUT2D eigenvalue weighted by Gasteiger charge is 2.63. The third-order valence-corrected chi connectivity index (χ3v) is 8.48. The minimum absolute atomic E-state index is 0.115. The van der Waals surface area contributed by atoms with Crippen molar-refractivity contribution in [3.8, 4) is 0 Å². The first-order valence-electron chi connectivity index (χ1n) is 10.2. The van der Waals surface area contributed by atoms with Gasteiger partial charge in [0.25, 0.3) is 0 Å². The molecular weight excluding hydrogens is 326 g/mol. The van der Waals surface area contributed by atoms with E-state index in [1.54, 1.807) is 4.68 Å². The van der Waals surface area contributed by atoms with Crippen LogP contribution in [0.4, 0.5) is 0 Å². The van der Waals surface area contributed by atoms with E-state index in [2.05, 4.69) is 17.2 Å². The lowest BCUT2D eigenvalue weighted by molar-refractivity contribution is -0.126. The van der Waals surface area contributed by atoms with Gasteiger partial charge < -0.3 is 5.11 Å². The highest BCUT2D eigenvalue weighted by atomic mass is 16.3. The van der Waals surface area contributed by atoms with Crippen LogP contribution in [0.2, 0.25) is 0 Å². The molecule has 3 saturated carbocycles. The molecule has 4 unspecified atom stereocenters. The van der Waals surface area contributed by atoms with Gasteiger partial charge in [0.15, 0.2) is 5.78 Å². The number of hydrogen-bond acceptors (Lipinski definition) is 4. The summed E-state index contributed by atoms with van der Waals surface area (Å²) in [6.07, 6.45) is 12.0. The highest BCUT2D eigenvalue weighted by molar-refractivity contribution is 5.91. The van der Waals surface area contributed by atoms with E-state index in [-0.39, 0.29) is 5.41 Å². The Morgan fingerprint density at radius 2 is 2.00 bits per heavy atom. The SMILES string of the molecule is Cn1cc([C@]2(O)CCC3C4CCC5=CC(=O)CCC5C4CC[C@@]32C)nn1. The lowest BCUT2D eigenvalue weighted by Crippen LogP contribution is -2.51. The molecule has 5 heteroatoms. The second-order valence-corrected chi connectivity index (χ2v) is 9.44. The van der Waals surface area contributed by atoms with E-state index in [4.69, 9.17) is 0 Å². The predicted molar refractivity (Wildman–Crippen MR) is 97.0 cm³/mol. The van der Waals surface area contributed by atoms with Gasteiger partial charge in [-0.2, -0.15) is 0 Å². The fraction of sp³-hybridized carbons (Fsp3) is 0.762. The molecule has 6 atom stereocenters. The molecule has 140 valence electrons. The minimum atomic E-state index is -0.852. The van der Waals surface area contributed by atoms with E-state index < -0.39 is 5.60 Å². The first-order valence-corrected chi connectivity index (χ1v) is 10.2. The van der Waals surface area contributed by atoms with Crippen LogP contribution in [0, 0.1) is 29.1 Å². The molecule has 4 aliphatic rings. The van der Waals surface area contributed by atoms with Gasteiger partial charge in [0.1, 0.15) is 11.3 Å². The largest absolute Gasteiger partial charge is 0.383 e. The zero-order chi connectivity index (χ0) is 18.1. The van der Waals surface area contributed by atoms with Crippen LogP contribution >= 0.6 is 0 Å². The Morgan fingerprint density at radius 1 is 1.15 bits per heavy atom. The number of carbonyl (C=O) groups is 1. The molecule has 26 heavy (non-hydrogen) atoms. The second kappa shape index (κ2) is 5.51. The van der Waals surface area contributed by atoms with Gasteiger partial charge in [-0.3, -0.25) is 9.48 Å². The van der Waals surface area contributed by atoms with Crippen molar-refractivity contribution in [1.82, 2.24) is 15.0 Å². The summed E-state index contributed by atoms with van der Waals surface area (Å²) in [6, 6.07) is 0. The molecule has 0 saturated heterocycles. The van der Waals surface area contributed by atoms with Gasteiger partial charge in [-0.15, -0.1) is 5.10 Å². The molecule has 1 N–H and O–H groups in total. The summed E-state index contributed by atoms with van der Waals surface area (Å²) < 4.78 is 1.70. The van der Waals surface area contributed by atoms with Crippen LogP contribution in [-0.2, 0) is 17.4 Å². The smallest absolute Gasteiger partial charge is 0.155 e. The lowest BCUT2D eigenvalue weighted by Gasteiger charge is -2.55. The number of ketones is 1. The van der Waals surface area contributed by atoms with Crippen molar-refractivity contribution >= 4 is 5.78 Å². The molecule has 5 nitrogen and oxygen atoms in total. The fourth-order valence-corrected chi connectivity index (χ4v) is 7.15. The number of nitrogens with zero attached hydrogens (tertiary/aromatic N) is 3. The van der Waals surface area contributed by atoms with Crippen LogP contribution in [0.15, 0.2) is 17.8 Å². The number of rotatable bonds is 1. The Labute approximate surface area is 154 Å². The number of aryl methyl sites for hydroxylation is 1. The van der Waals surface area contributed by atoms with Gasteiger partial charge in [0.05, 0.1) is 6.20 Å². The maximum absolute atomic E-state index is 11.8. The van der Waals surface area contributed by atoms with Crippen LogP contribution in [0.5, 0.6) is 0 Å². The second-order valence-electron chi connectivity index (χ2n) is 9.44. The molecule has 1 aromatic rings. The molecule has 5 rings (SSSR count).